The van der Waals surface area contributed by atoms with Gasteiger partial charge in [0.2, 0.25) is 0 Å². The Hall–Kier alpha value is -0.230. The predicted octanol–water partition coefficient (Wildman–Crippen LogP) is 0.630. The van der Waals surface area contributed by atoms with Crippen molar-refractivity contribution in [2.24, 2.45) is 11.7 Å². The van der Waals surface area contributed by atoms with Gasteiger partial charge >= 0.3 is 0 Å². The zero-order valence-electron chi connectivity index (χ0n) is 10.3. The van der Waals surface area contributed by atoms with Gasteiger partial charge < -0.3 is 20.5 Å². The Morgan fingerprint density at radius 1 is 1.38 bits per heavy atom. The van der Waals surface area contributed by atoms with E-state index in [1.54, 1.807) is 0 Å². The highest BCUT2D eigenvalue weighted by Gasteiger charge is 2.07. The zero-order chi connectivity index (χ0) is 12.4. The average Bonchev–Trinajstić information content (AvgIpc) is 2.19. The predicted molar refractivity (Wildman–Crippen MR) is 70.6 cm³/mol. The summed E-state index contributed by atoms with van der Waals surface area (Å²) in [5.41, 5.74) is 5.49. The maximum Gasteiger partial charge on any atom is 0.0740 e. The second kappa shape index (κ2) is 9.96. The summed E-state index contributed by atoms with van der Waals surface area (Å²) in [6.07, 6.45) is 0.752. The third-order valence-corrected chi connectivity index (χ3v) is 2.29. The van der Waals surface area contributed by atoms with Gasteiger partial charge in [-0.2, -0.15) is 0 Å². The molecular formula is C11H24N2O2S. The van der Waals surface area contributed by atoms with Crippen molar-refractivity contribution in [1.82, 2.24) is 4.90 Å². The molecule has 5 heteroatoms. The highest BCUT2D eigenvalue weighted by atomic mass is 32.1. The third kappa shape index (κ3) is 10.3. The van der Waals surface area contributed by atoms with E-state index in [4.69, 9.17) is 27.8 Å². The van der Waals surface area contributed by atoms with Crippen LogP contribution in [-0.2, 0) is 4.74 Å². The van der Waals surface area contributed by atoms with Gasteiger partial charge in [-0.25, -0.2) is 0 Å². The van der Waals surface area contributed by atoms with E-state index < -0.39 is 0 Å². The molecule has 0 rings (SSSR count). The molecule has 0 fully saturated rings. The number of aliphatic hydroxyl groups excluding tert-OH is 1. The summed E-state index contributed by atoms with van der Waals surface area (Å²) in [7, 11) is 0. The zero-order valence-corrected chi connectivity index (χ0v) is 11.1. The molecule has 0 saturated carbocycles. The molecular weight excluding hydrogens is 224 g/mol. The largest absolute Gasteiger partial charge is 0.394 e. The molecule has 16 heavy (non-hydrogen) atoms. The highest BCUT2D eigenvalue weighted by Crippen LogP contribution is 2.00. The van der Waals surface area contributed by atoms with Crippen molar-refractivity contribution < 1.29 is 9.84 Å². The van der Waals surface area contributed by atoms with E-state index in [0.29, 0.717) is 24.1 Å². The van der Waals surface area contributed by atoms with Crippen molar-refractivity contribution in [1.29, 1.82) is 0 Å². The molecule has 0 aliphatic carbocycles. The summed E-state index contributed by atoms with van der Waals surface area (Å²) in [4.78, 5) is 2.85. The van der Waals surface area contributed by atoms with Gasteiger partial charge in [0.25, 0.3) is 0 Å². The fourth-order valence-electron chi connectivity index (χ4n) is 1.44. The van der Waals surface area contributed by atoms with Gasteiger partial charge in [0.1, 0.15) is 0 Å². The number of hydrogen-bond acceptors (Lipinski definition) is 4. The maximum atomic E-state index is 8.58. The van der Waals surface area contributed by atoms with Crippen LogP contribution in [0.15, 0.2) is 0 Å². The summed E-state index contributed by atoms with van der Waals surface area (Å²) < 4.78 is 5.25. The lowest BCUT2D eigenvalue weighted by atomic mass is 10.2. The Morgan fingerprint density at radius 3 is 2.56 bits per heavy atom. The Balaban J connectivity index is 3.76. The van der Waals surface area contributed by atoms with Gasteiger partial charge in [-0.15, -0.1) is 0 Å². The van der Waals surface area contributed by atoms with Gasteiger partial charge in [-0.1, -0.05) is 26.1 Å². The molecule has 0 bridgehead atoms. The number of rotatable bonds is 10. The molecule has 0 aromatic rings. The summed E-state index contributed by atoms with van der Waals surface area (Å²) in [6.45, 7) is 8.26. The standard InChI is InChI=1S/C11H24N2O2S/c1-10(2)9-13(4-3-11(12)16)5-7-15-8-6-14/h10,14H,3-9H2,1-2H3,(H2,12,16). The minimum atomic E-state index is 0.0804. The van der Waals surface area contributed by atoms with E-state index in [0.717, 1.165) is 26.1 Å². The summed E-state index contributed by atoms with van der Waals surface area (Å²) in [5.74, 6) is 0.615. The summed E-state index contributed by atoms with van der Waals surface area (Å²) in [5, 5.41) is 8.58. The van der Waals surface area contributed by atoms with Crippen LogP contribution < -0.4 is 5.73 Å². The first-order chi connectivity index (χ1) is 7.56. The Kier molecular flexibility index (Phi) is 9.82. The normalized spacial score (nSPS) is 11.3. The van der Waals surface area contributed by atoms with Crippen molar-refractivity contribution in [2.45, 2.75) is 20.3 Å². The van der Waals surface area contributed by atoms with E-state index in [9.17, 15) is 0 Å². The maximum absolute atomic E-state index is 8.58. The Labute approximate surface area is 104 Å². The topological polar surface area (TPSA) is 58.7 Å². The molecule has 0 atom stereocenters. The average molecular weight is 248 g/mol. The molecule has 0 aromatic carbocycles. The first-order valence-corrected chi connectivity index (χ1v) is 6.16. The monoisotopic (exact) mass is 248 g/mol. The van der Waals surface area contributed by atoms with E-state index in [-0.39, 0.29) is 6.61 Å². The highest BCUT2D eigenvalue weighted by molar-refractivity contribution is 7.80. The van der Waals surface area contributed by atoms with Crippen molar-refractivity contribution in [3.63, 3.8) is 0 Å². The van der Waals surface area contributed by atoms with Crippen LogP contribution in [0.1, 0.15) is 20.3 Å². The molecule has 0 radical (unpaired) electrons. The molecule has 0 saturated heterocycles. The van der Waals surface area contributed by atoms with Gasteiger partial charge in [-0.05, 0) is 5.92 Å². The molecule has 0 aliphatic rings. The number of nitrogens with zero attached hydrogens (tertiary/aromatic N) is 1. The molecule has 0 unspecified atom stereocenters. The van der Waals surface area contributed by atoms with Gasteiger partial charge in [0.15, 0.2) is 0 Å². The molecule has 0 amide bonds. The number of nitrogens with two attached hydrogens (primary N) is 1. The summed E-state index contributed by atoms with van der Waals surface area (Å²) >= 11 is 4.87. The molecule has 96 valence electrons. The molecule has 3 N–H and O–H groups in total. The van der Waals surface area contributed by atoms with Crippen LogP contribution in [0.25, 0.3) is 0 Å². The van der Waals surface area contributed by atoms with Crippen LogP contribution >= 0.6 is 12.2 Å². The van der Waals surface area contributed by atoms with Gasteiger partial charge in [0.05, 0.1) is 24.8 Å². The first kappa shape index (κ1) is 15.8. The molecule has 0 aliphatic heterocycles. The Morgan fingerprint density at radius 2 is 2.06 bits per heavy atom. The van der Waals surface area contributed by atoms with Crippen LogP contribution in [-0.4, -0.2) is 54.4 Å². The van der Waals surface area contributed by atoms with Crippen LogP contribution in [0, 0.1) is 5.92 Å². The lowest BCUT2D eigenvalue weighted by Crippen LogP contribution is -2.34. The van der Waals surface area contributed by atoms with E-state index in [2.05, 4.69) is 18.7 Å². The Bertz CT molecular complexity index is 189. The van der Waals surface area contributed by atoms with Crippen molar-refractivity contribution in [2.75, 3.05) is 39.5 Å². The second-order valence-corrected chi connectivity index (χ2v) is 4.77. The minimum absolute atomic E-state index is 0.0804. The third-order valence-electron chi connectivity index (χ3n) is 2.09. The first-order valence-electron chi connectivity index (χ1n) is 5.75. The molecule has 4 nitrogen and oxygen atoms in total. The lowest BCUT2D eigenvalue weighted by molar-refractivity contribution is 0.0718. The SMILES string of the molecule is CC(C)CN(CCOCCO)CCC(N)=S. The van der Waals surface area contributed by atoms with Crippen molar-refractivity contribution in [3.8, 4) is 0 Å². The smallest absolute Gasteiger partial charge is 0.0740 e. The molecule has 0 aromatic heterocycles. The summed E-state index contributed by atoms with van der Waals surface area (Å²) in [6, 6.07) is 0. The second-order valence-electron chi connectivity index (χ2n) is 4.25. The van der Waals surface area contributed by atoms with Crippen LogP contribution in [0.4, 0.5) is 0 Å². The number of aliphatic hydroxyl groups is 1. The lowest BCUT2D eigenvalue weighted by Gasteiger charge is -2.23. The quantitative estimate of drug-likeness (QED) is 0.439. The molecule has 0 spiro atoms. The minimum Gasteiger partial charge on any atom is -0.394 e. The van der Waals surface area contributed by atoms with Crippen LogP contribution in [0.5, 0.6) is 0 Å². The van der Waals surface area contributed by atoms with E-state index in [1.165, 1.54) is 0 Å². The number of ether oxygens (including phenoxy) is 1. The number of hydrogen-bond donors (Lipinski definition) is 2. The van der Waals surface area contributed by atoms with Crippen molar-refractivity contribution >= 4 is 17.2 Å². The fourth-order valence-corrected chi connectivity index (χ4v) is 1.53. The van der Waals surface area contributed by atoms with Crippen LogP contribution in [0.3, 0.4) is 0 Å². The van der Waals surface area contributed by atoms with Gasteiger partial charge in [-0.3, -0.25) is 0 Å². The van der Waals surface area contributed by atoms with Gasteiger partial charge in [0, 0.05) is 26.1 Å². The van der Waals surface area contributed by atoms with E-state index in [1.807, 2.05) is 0 Å². The van der Waals surface area contributed by atoms with E-state index >= 15 is 0 Å². The molecule has 0 heterocycles. The number of thiocarbonyl (C=S) groups is 1. The van der Waals surface area contributed by atoms with Crippen molar-refractivity contribution in [3.05, 3.63) is 0 Å². The fraction of sp³-hybridized carbons (Fsp3) is 0.909. The van der Waals surface area contributed by atoms with Crippen LogP contribution in [0.2, 0.25) is 0 Å².